The normalized spacial score (nSPS) is 11.3. The molecule has 0 aliphatic carbocycles. The van der Waals surface area contributed by atoms with Crippen LogP contribution in [0.1, 0.15) is 32.7 Å². The van der Waals surface area contributed by atoms with E-state index >= 15 is 0 Å². The summed E-state index contributed by atoms with van der Waals surface area (Å²) in [4.78, 5) is 4.40. The largest absolute Gasteiger partial charge is 0.497 e. The lowest BCUT2D eigenvalue weighted by Gasteiger charge is -2.16. The van der Waals surface area contributed by atoms with Gasteiger partial charge in [0.25, 0.3) is 0 Å². The molecule has 0 spiro atoms. The van der Waals surface area contributed by atoms with Gasteiger partial charge in [0.15, 0.2) is 0 Å². The van der Waals surface area contributed by atoms with Crippen LogP contribution in [0, 0.1) is 0 Å². The van der Waals surface area contributed by atoms with Crippen molar-refractivity contribution in [1.82, 2.24) is 9.55 Å². The summed E-state index contributed by atoms with van der Waals surface area (Å²) in [5.74, 6) is 1.40. The zero-order chi connectivity index (χ0) is 12.4. The molecule has 2 rings (SSSR count). The van der Waals surface area contributed by atoms with E-state index in [9.17, 15) is 0 Å². The van der Waals surface area contributed by atoms with E-state index in [1.54, 1.807) is 7.11 Å². The molecule has 1 aromatic carbocycles. The first-order valence-electron chi connectivity index (χ1n) is 6.02. The van der Waals surface area contributed by atoms with Crippen LogP contribution < -0.4 is 10.5 Å². The average molecular weight is 233 g/mol. The lowest BCUT2D eigenvalue weighted by atomic mass is 10.1. The Hall–Kier alpha value is -1.71. The Morgan fingerprint density at radius 1 is 1.35 bits per heavy atom. The zero-order valence-electron chi connectivity index (χ0n) is 10.6. The number of rotatable bonds is 4. The highest BCUT2D eigenvalue weighted by atomic mass is 16.5. The van der Waals surface area contributed by atoms with Gasteiger partial charge in [-0.2, -0.15) is 0 Å². The topological polar surface area (TPSA) is 53.1 Å². The van der Waals surface area contributed by atoms with Crippen molar-refractivity contribution in [3.05, 3.63) is 18.2 Å². The molecule has 2 aromatic rings. The Balaban J connectivity index is 2.59. The summed E-state index contributed by atoms with van der Waals surface area (Å²) < 4.78 is 7.31. The molecule has 0 saturated heterocycles. The minimum absolute atomic E-state index is 0.411. The van der Waals surface area contributed by atoms with E-state index in [2.05, 4.69) is 23.4 Å². The van der Waals surface area contributed by atoms with E-state index in [0.717, 1.165) is 29.6 Å². The fourth-order valence-electron chi connectivity index (χ4n) is 2.26. The van der Waals surface area contributed by atoms with Crippen LogP contribution in [-0.4, -0.2) is 16.7 Å². The summed E-state index contributed by atoms with van der Waals surface area (Å²) in [6, 6.07) is 6.30. The van der Waals surface area contributed by atoms with E-state index in [4.69, 9.17) is 10.5 Å². The maximum atomic E-state index is 6.01. The number of aromatic nitrogens is 2. The van der Waals surface area contributed by atoms with Crippen LogP contribution >= 0.6 is 0 Å². The van der Waals surface area contributed by atoms with E-state index < -0.39 is 0 Å². The van der Waals surface area contributed by atoms with Crippen molar-refractivity contribution in [2.45, 2.75) is 32.7 Å². The molecule has 0 bridgehead atoms. The first-order chi connectivity index (χ1) is 8.21. The predicted molar refractivity (Wildman–Crippen MR) is 70.3 cm³/mol. The van der Waals surface area contributed by atoms with Crippen LogP contribution in [0.4, 0.5) is 5.95 Å². The summed E-state index contributed by atoms with van der Waals surface area (Å²) >= 11 is 0. The fourth-order valence-corrected chi connectivity index (χ4v) is 2.26. The highest BCUT2D eigenvalue weighted by Gasteiger charge is 2.15. The van der Waals surface area contributed by atoms with Gasteiger partial charge in [0.2, 0.25) is 5.95 Å². The third kappa shape index (κ3) is 1.95. The van der Waals surface area contributed by atoms with Crippen LogP contribution in [0.25, 0.3) is 11.0 Å². The number of methoxy groups -OCH3 is 1. The second kappa shape index (κ2) is 4.65. The molecular weight excluding hydrogens is 214 g/mol. The van der Waals surface area contributed by atoms with Crippen molar-refractivity contribution in [3.63, 3.8) is 0 Å². The summed E-state index contributed by atoms with van der Waals surface area (Å²) in [5.41, 5.74) is 7.99. The Morgan fingerprint density at radius 2 is 2.06 bits per heavy atom. The highest BCUT2D eigenvalue weighted by molar-refractivity contribution is 5.80. The number of hydrogen-bond donors (Lipinski definition) is 1. The number of imidazole rings is 1. The van der Waals surface area contributed by atoms with Crippen LogP contribution in [-0.2, 0) is 0 Å². The van der Waals surface area contributed by atoms with Crippen LogP contribution in [0.5, 0.6) is 5.75 Å². The molecule has 0 atom stereocenters. The van der Waals surface area contributed by atoms with Gasteiger partial charge in [0, 0.05) is 12.1 Å². The monoisotopic (exact) mass is 233 g/mol. The molecule has 0 fully saturated rings. The molecule has 2 N–H and O–H groups in total. The molecular formula is C13H19N3O. The van der Waals surface area contributed by atoms with Crippen LogP contribution in [0.15, 0.2) is 18.2 Å². The Labute approximate surface area is 101 Å². The number of hydrogen-bond acceptors (Lipinski definition) is 3. The third-order valence-electron chi connectivity index (χ3n) is 3.23. The molecule has 17 heavy (non-hydrogen) atoms. The van der Waals surface area contributed by atoms with E-state index in [0.29, 0.717) is 12.0 Å². The molecule has 0 aliphatic rings. The molecule has 4 nitrogen and oxygen atoms in total. The van der Waals surface area contributed by atoms with Gasteiger partial charge in [-0.3, -0.25) is 0 Å². The van der Waals surface area contributed by atoms with Crippen molar-refractivity contribution in [2.24, 2.45) is 0 Å². The van der Waals surface area contributed by atoms with Crippen LogP contribution in [0.3, 0.4) is 0 Å². The standard InChI is InChI=1S/C13H19N3O/c1-4-9(5-2)16-12-7-6-10(17-3)8-11(12)15-13(16)14/h6-9H,4-5H2,1-3H3,(H2,14,15). The molecule has 92 valence electrons. The van der Waals surface area contributed by atoms with Gasteiger partial charge in [-0.05, 0) is 25.0 Å². The van der Waals surface area contributed by atoms with Crippen molar-refractivity contribution >= 4 is 17.0 Å². The van der Waals surface area contributed by atoms with Gasteiger partial charge in [-0.25, -0.2) is 4.98 Å². The second-order valence-electron chi connectivity index (χ2n) is 4.16. The third-order valence-corrected chi connectivity index (χ3v) is 3.23. The van der Waals surface area contributed by atoms with Gasteiger partial charge in [0.05, 0.1) is 18.1 Å². The van der Waals surface area contributed by atoms with Crippen molar-refractivity contribution < 1.29 is 4.74 Å². The number of nitrogens with two attached hydrogens (primary N) is 1. The van der Waals surface area contributed by atoms with Crippen molar-refractivity contribution in [3.8, 4) is 5.75 Å². The first-order valence-corrected chi connectivity index (χ1v) is 6.02. The van der Waals surface area contributed by atoms with Crippen molar-refractivity contribution in [1.29, 1.82) is 0 Å². The van der Waals surface area contributed by atoms with Gasteiger partial charge >= 0.3 is 0 Å². The Kier molecular flexibility index (Phi) is 3.22. The van der Waals surface area contributed by atoms with Gasteiger partial charge < -0.3 is 15.0 Å². The summed E-state index contributed by atoms with van der Waals surface area (Å²) in [5, 5.41) is 0. The number of benzene rings is 1. The summed E-state index contributed by atoms with van der Waals surface area (Å²) in [6.45, 7) is 4.34. The second-order valence-corrected chi connectivity index (χ2v) is 4.16. The quantitative estimate of drug-likeness (QED) is 0.883. The number of nitrogen functional groups attached to an aromatic ring is 1. The summed E-state index contributed by atoms with van der Waals surface area (Å²) in [7, 11) is 1.66. The molecule has 0 unspecified atom stereocenters. The number of anilines is 1. The Bertz CT molecular complexity index is 515. The van der Waals surface area contributed by atoms with E-state index in [1.165, 1.54) is 0 Å². The van der Waals surface area contributed by atoms with E-state index in [1.807, 2.05) is 18.2 Å². The minimum Gasteiger partial charge on any atom is -0.497 e. The highest BCUT2D eigenvalue weighted by Crippen LogP contribution is 2.28. The molecule has 0 amide bonds. The molecule has 4 heteroatoms. The lowest BCUT2D eigenvalue weighted by molar-refractivity contribution is 0.415. The predicted octanol–water partition coefficient (Wildman–Crippen LogP) is 2.99. The first kappa shape index (κ1) is 11.8. The molecule has 0 aliphatic heterocycles. The fraction of sp³-hybridized carbons (Fsp3) is 0.462. The summed E-state index contributed by atoms with van der Waals surface area (Å²) in [6.07, 6.45) is 2.11. The number of nitrogens with zero attached hydrogens (tertiary/aromatic N) is 2. The van der Waals surface area contributed by atoms with Crippen molar-refractivity contribution in [2.75, 3.05) is 12.8 Å². The van der Waals surface area contributed by atoms with Gasteiger partial charge in [0.1, 0.15) is 5.75 Å². The number of ether oxygens (including phenoxy) is 1. The smallest absolute Gasteiger partial charge is 0.201 e. The maximum Gasteiger partial charge on any atom is 0.201 e. The minimum atomic E-state index is 0.411. The Morgan fingerprint density at radius 3 is 2.65 bits per heavy atom. The lowest BCUT2D eigenvalue weighted by Crippen LogP contribution is -2.10. The van der Waals surface area contributed by atoms with E-state index in [-0.39, 0.29) is 0 Å². The SMILES string of the molecule is CCC(CC)n1c(N)nc2cc(OC)ccc21. The molecule has 1 heterocycles. The van der Waals surface area contributed by atoms with Crippen LogP contribution in [0.2, 0.25) is 0 Å². The molecule has 0 radical (unpaired) electrons. The molecule has 1 aromatic heterocycles. The van der Waals surface area contributed by atoms with Gasteiger partial charge in [-0.1, -0.05) is 13.8 Å². The number of fused-ring (bicyclic) bond motifs is 1. The van der Waals surface area contributed by atoms with Gasteiger partial charge in [-0.15, -0.1) is 0 Å². The maximum absolute atomic E-state index is 6.01. The average Bonchev–Trinajstić information content (AvgIpc) is 2.67. The molecule has 0 saturated carbocycles. The zero-order valence-corrected chi connectivity index (χ0v) is 10.6.